The fourth-order valence-electron chi connectivity index (χ4n) is 3.67. The summed E-state index contributed by atoms with van der Waals surface area (Å²) in [7, 11) is 0. The molecule has 2 N–H and O–H groups in total. The van der Waals surface area contributed by atoms with Crippen molar-refractivity contribution < 1.29 is 14.7 Å². The lowest BCUT2D eigenvalue weighted by Gasteiger charge is -2.31. The zero-order valence-electron chi connectivity index (χ0n) is 17.9. The fourth-order valence-corrected chi connectivity index (χ4v) is 3.67. The highest BCUT2D eigenvalue weighted by atomic mass is 16.4. The maximum absolute atomic E-state index is 12.7. The van der Waals surface area contributed by atoms with Crippen LogP contribution in [0.3, 0.4) is 0 Å². The first kappa shape index (κ1) is 22.1. The topological polar surface area (TPSA) is 112 Å². The number of H-pyrrole nitrogens is 1. The van der Waals surface area contributed by atoms with Crippen molar-refractivity contribution in [1.29, 1.82) is 0 Å². The van der Waals surface area contributed by atoms with E-state index in [9.17, 15) is 14.7 Å². The number of nitrogens with zero attached hydrogens (tertiary/aromatic N) is 4. The van der Waals surface area contributed by atoms with Crippen LogP contribution in [-0.2, 0) is 16.1 Å². The van der Waals surface area contributed by atoms with Gasteiger partial charge < -0.3 is 10.0 Å². The van der Waals surface area contributed by atoms with Crippen LogP contribution in [0.4, 0.5) is 0 Å². The van der Waals surface area contributed by atoms with Crippen molar-refractivity contribution >= 4 is 11.9 Å². The monoisotopic (exact) mass is 421 g/mol. The second-order valence-electron chi connectivity index (χ2n) is 7.78. The molecule has 0 aliphatic carbocycles. The average molecular weight is 422 g/mol. The van der Waals surface area contributed by atoms with Crippen molar-refractivity contribution in [2.45, 2.75) is 46.2 Å². The number of hydrogen-bond donors (Lipinski definition) is 2. The summed E-state index contributed by atoms with van der Waals surface area (Å²) >= 11 is 0. The Morgan fingerprint density at radius 2 is 1.74 bits per heavy atom. The number of carboxylic acid groups (broad SMARTS) is 1. The lowest BCUT2D eigenvalue weighted by Crippen LogP contribution is -2.47. The van der Waals surface area contributed by atoms with Gasteiger partial charge in [0.2, 0.25) is 11.7 Å². The quantitative estimate of drug-likeness (QED) is 0.544. The van der Waals surface area contributed by atoms with Crippen LogP contribution in [0, 0.1) is 5.92 Å². The predicted molar refractivity (Wildman–Crippen MR) is 117 cm³/mol. The van der Waals surface area contributed by atoms with Gasteiger partial charge in [-0.1, -0.05) is 69.3 Å². The number of amides is 1. The number of carboxylic acids is 1. The van der Waals surface area contributed by atoms with Crippen molar-refractivity contribution in [3.05, 3.63) is 54.1 Å². The molecule has 1 aromatic heterocycles. The van der Waals surface area contributed by atoms with E-state index in [1.54, 1.807) is 0 Å². The first-order valence-electron chi connectivity index (χ1n) is 10.4. The lowest BCUT2D eigenvalue weighted by atomic mass is 9.97. The van der Waals surface area contributed by atoms with E-state index in [1.807, 2.05) is 69.3 Å². The molecule has 1 heterocycles. The molecule has 0 bridgehead atoms. The summed E-state index contributed by atoms with van der Waals surface area (Å²) in [6.07, 6.45) is 0.998. The Hall–Kier alpha value is -3.55. The largest absolute Gasteiger partial charge is 0.480 e. The molecule has 1 atom stereocenters. The summed E-state index contributed by atoms with van der Waals surface area (Å²) < 4.78 is 0. The Labute approximate surface area is 181 Å². The molecule has 0 fully saturated rings. The molecule has 31 heavy (non-hydrogen) atoms. The maximum atomic E-state index is 12.7. The molecular weight excluding hydrogens is 394 g/mol. The molecule has 0 saturated carbocycles. The minimum absolute atomic E-state index is 0.143. The molecule has 162 valence electrons. The van der Waals surface area contributed by atoms with E-state index in [-0.39, 0.29) is 18.4 Å². The van der Waals surface area contributed by atoms with E-state index in [4.69, 9.17) is 0 Å². The van der Waals surface area contributed by atoms with E-state index in [1.165, 1.54) is 4.90 Å². The molecule has 0 aliphatic rings. The third-order valence-corrected chi connectivity index (χ3v) is 5.14. The van der Waals surface area contributed by atoms with Crippen LogP contribution in [0.25, 0.3) is 22.5 Å². The fraction of sp³-hybridized carbons (Fsp3) is 0.348. The number of rotatable bonds is 9. The predicted octanol–water partition coefficient (Wildman–Crippen LogP) is 3.77. The normalized spacial score (nSPS) is 12.0. The molecule has 2 aromatic carbocycles. The SMILES string of the molecule is CCCC(=O)N(Cc1ccc(-c2ccccc2-c2nn[nH]n2)cc1)[C@@H](C(=O)O)C(C)C. The molecule has 8 heteroatoms. The van der Waals surface area contributed by atoms with Gasteiger partial charge in [-0.15, -0.1) is 10.2 Å². The van der Waals surface area contributed by atoms with Gasteiger partial charge in [0.1, 0.15) is 6.04 Å². The Morgan fingerprint density at radius 3 is 2.29 bits per heavy atom. The van der Waals surface area contributed by atoms with Gasteiger partial charge in [-0.3, -0.25) is 4.79 Å². The zero-order chi connectivity index (χ0) is 22.4. The van der Waals surface area contributed by atoms with Gasteiger partial charge in [-0.05, 0) is 34.2 Å². The van der Waals surface area contributed by atoms with Crippen LogP contribution in [0.1, 0.15) is 39.2 Å². The van der Waals surface area contributed by atoms with E-state index < -0.39 is 12.0 Å². The van der Waals surface area contributed by atoms with Crippen molar-refractivity contribution in [2.75, 3.05) is 0 Å². The summed E-state index contributed by atoms with van der Waals surface area (Å²) in [5.74, 6) is -0.808. The summed E-state index contributed by atoms with van der Waals surface area (Å²) in [4.78, 5) is 26.0. The van der Waals surface area contributed by atoms with Crippen molar-refractivity contribution in [2.24, 2.45) is 5.92 Å². The lowest BCUT2D eigenvalue weighted by molar-refractivity contribution is -0.153. The number of aromatic nitrogens is 4. The van der Waals surface area contributed by atoms with Gasteiger partial charge >= 0.3 is 5.97 Å². The molecule has 8 nitrogen and oxygen atoms in total. The first-order valence-corrected chi connectivity index (χ1v) is 10.4. The van der Waals surface area contributed by atoms with Crippen molar-refractivity contribution in [3.63, 3.8) is 0 Å². The molecule has 1 amide bonds. The number of benzene rings is 2. The average Bonchev–Trinajstić information content (AvgIpc) is 3.28. The number of aromatic amines is 1. The Kier molecular flexibility index (Phi) is 7.12. The van der Waals surface area contributed by atoms with Crippen LogP contribution in [0.2, 0.25) is 0 Å². The Morgan fingerprint density at radius 1 is 1.06 bits per heavy atom. The van der Waals surface area contributed by atoms with Crippen LogP contribution in [-0.4, -0.2) is 48.5 Å². The molecule has 0 spiro atoms. The van der Waals surface area contributed by atoms with Crippen LogP contribution >= 0.6 is 0 Å². The molecule has 3 rings (SSSR count). The molecule has 0 unspecified atom stereocenters. The van der Waals surface area contributed by atoms with E-state index in [0.717, 1.165) is 22.3 Å². The highest BCUT2D eigenvalue weighted by Crippen LogP contribution is 2.30. The summed E-state index contributed by atoms with van der Waals surface area (Å²) in [6, 6.07) is 14.7. The number of hydrogen-bond acceptors (Lipinski definition) is 5. The number of carbonyl (C=O) groups excluding carboxylic acids is 1. The van der Waals surface area contributed by atoms with E-state index >= 15 is 0 Å². The smallest absolute Gasteiger partial charge is 0.326 e. The van der Waals surface area contributed by atoms with Crippen molar-refractivity contribution in [3.8, 4) is 22.5 Å². The summed E-state index contributed by atoms with van der Waals surface area (Å²) in [6.45, 7) is 5.81. The second kappa shape index (κ2) is 9.97. The van der Waals surface area contributed by atoms with E-state index in [0.29, 0.717) is 18.7 Å². The van der Waals surface area contributed by atoms with Gasteiger partial charge in [0.05, 0.1) is 0 Å². The number of nitrogens with one attached hydrogen (secondary N) is 1. The maximum Gasteiger partial charge on any atom is 0.326 e. The number of aliphatic carboxylic acids is 1. The third-order valence-electron chi connectivity index (χ3n) is 5.14. The zero-order valence-corrected chi connectivity index (χ0v) is 17.9. The van der Waals surface area contributed by atoms with Gasteiger partial charge in [-0.2, -0.15) is 5.21 Å². The summed E-state index contributed by atoms with van der Waals surface area (Å²) in [5.41, 5.74) is 3.65. The standard InChI is InChI=1S/C23H27N5O3/c1-4-7-20(29)28(21(15(2)3)23(30)31)14-16-10-12-17(13-11-16)18-8-5-6-9-19(18)22-24-26-27-25-22/h5-6,8-13,15,21H,4,7,14H2,1-3H3,(H,30,31)(H,24,25,26,27)/t21-/m1/s1. The van der Waals surface area contributed by atoms with Crippen molar-refractivity contribution in [1.82, 2.24) is 25.5 Å². The highest BCUT2D eigenvalue weighted by molar-refractivity contribution is 5.84. The minimum atomic E-state index is -0.981. The molecule has 0 saturated heterocycles. The molecule has 0 aliphatic heterocycles. The third kappa shape index (κ3) is 5.14. The minimum Gasteiger partial charge on any atom is -0.480 e. The van der Waals surface area contributed by atoms with Gasteiger partial charge in [0.25, 0.3) is 0 Å². The Balaban J connectivity index is 1.88. The van der Waals surface area contributed by atoms with Crippen LogP contribution < -0.4 is 0 Å². The molecule has 3 aromatic rings. The van der Waals surface area contributed by atoms with Gasteiger partial charge in [0.15, 0.2) is 0 Å². The second-order valence-corrected chi connectivity index (χ2v) is 7.78. The van der Waals surface area contributed by atoms with E-state index in [2.05, 4.69) is 20.6 Å². The van der Waals surface area contributed by atoms with Crippen LogP contribution in [0.5, 0.6) is 0 Å². The van der Waals surface area contributed by atoms with Gasteiger partial charge in [0, 0.05) is 18.5 Å². The van der Waals surface area contributed by atoms with Crippen LogP contribution in [0.15, 0.2) is 48.5 Å². The molecule has 0 radical (unpaired) electrons. The molecular formula is C23H27N5O3. The number of tetrazole rings is 1. The number of carbonyl (C=O) groups is 2. The first-order chi connectivity index (χ1) is 14.9. The Bertz CT molecular complexity index is 1020. The van der Waals surface area contributed by atoms with Gasteiger partial charge in [-0.25, -0.2) is 4.79 Å². The highest BCUT2D eigenvalue weighted by Gasteiger charge is 2.31. The summed E-state index contributed by atoms with van der Waals surface area (Å²) in [5, 5.41) is 24.0.